The summed E-state index contributed by atoms with van der Waals surface area (Å²) < 4.78 is 5.58. The van der Waals surface area contributed by atoms with Crippen molar-refractivity contribution in [2.75, 3.05) is 6.61 Å². The fourth-order valence-corrected chi connectivity index (χ4v) is 1.47. The van der Waals surface area contributed by atoms with Crippen LogP contribution >= 0.6 is 0 Å². The number of hydrogen-bond donors (Lipinski definition) is 1. The van der Waals surface area contributed by atoms with Crippen LogP contribution in [-0.4, -0.2) is 17.3 Å². The first-order valence-electron chi connectivity index (χ1n) is 6.43. The van der Waals surface area contributed by atoms with E-state index in [1.165, 1.54) is 5.56 Å². The van der Waals surface area contributed by atoms with Gasteiger partial charge >= 0.3 is 0 Å². The van der Waals surface area contributed by atoms with Crippen molar-refractivity contribution in [2.45, 2.75) is 52.1 Å². The molecule has 1 N–H and O–H groups in total. The fraction of sp³-hybridized carbons (Fsp3) is 0.600. The Morgan fingerprint density at radius 2 is 1.82 bits per heavy atom. The minimum absolute atomic E-state index is 0.339. The summed E-state index contributed by atoms with van der Waals surface area (Å²) in [5.41, 5.74) is 0.595. The Morgan fingerprint density at radius 1 is 1.24 bits per heavy atom. The summed E-state index contributed by atoms with van der Waals surface area (Å²) in [5, 5.41) is 9.84. The standard InChI is InChI=1S/C15H24O2/c1-5-12(3)13-7-9-14(10-8-13)17-11-15(4,16)6-2/h7-10,12,16H,5-6,11H2,1-4H3. The van der Waals surface area contributed by atoms with E-state index in [1.54, 1.807) is 6.92 Å². The van der Waals surface area contributed by atoms with Crippen LogP contribution in [0.4, 0.5) is 0 Å². The van der Waals surface area contributed by atoms with Crippen molar-refractivity contribution in [1.82, 2.24) is 0 Å². The average molecular weight is 236 g/mol. The molecule has 17 heavy (non-hydrogen) atoms. The van der Waals surface area contributed by atoms with E-state index >= 15 is 0 Å². The highest BCUT2D eigenvalue weighted by Gasteiger charge is 2.18. The topological polar surface area (TPSA) is 29.5 Å². The largest absolute Gasteiger partial charge is 0.491 e. The maximum atomic E-state index is 9.84. The van der Waals surface area contributed by atoms with Gasteiger partial charge in [-0.15, -0.1) is 0 Å². The molecular weight excluding hydrogens is 212 g/mol. The third-order valence-electron chi connectivity index (χ3n) is 3.37. The van der Waals surface area contributed by atoms with Crippen molar-refractivity contribution in [1.29, 1.82) is 0 Å². The molecule has 1 aromatic carbocycles. The van der Waals surface area contributed by atoms with Crippen LogP contribution in [0, 0.1) is 0 Å². The van der Waals surface area contributed by atoms with Crippen molar-refractivity contribution in [3.05, 3.63) is 29.8 Å². The first-order chi connectivity index (χ1) is 7.98. The van der Waals surface area contributed by atoms with E-state index in [-0.39, 0.29) is 0 Å². The maximum Gasteiger partial charge on any atom is 0.119 e. The van der Waals surface area contributed by atoms with Crippen LogP contribution in [0.3, 0.4) is 0 Å². The fourth-order valence-electron chi connectivity index (χ4n) is 1.47. The molecule has 2 unspecified atom stereocenters. The van der Waals surface area contributed by atoms with Crippen LogP contribution in [0.25, 0.3) is 0 Å². The normalized spacial score (nSPS) is 16.3. The van der Waals surface area contributed by atoms with Gasteiger partial charge in [-0.25, -0.2) is 0 Å². The van der Waals surface area contributed by atoms with Gasteiger partial charge in [0.1, 0.15) is 12.4 Å². The van der Waals surface area contributed by atoms with E-state index in [0.29, 0.717) is 18.9 Å². The summed E-state index contributed by atoms with van der Waals surface area (Å²) in [7, 11) is 0. The molecule has 0 bridgehead atoms. The quantitative estimate of drug-likeness (QED) is 0.815. The van der Waals surface area contributed by atoms with Crippen molar-refractivity contribution < 1.29 is 9.84 Å². The lowest BCUT2D eigenvalue weighted by Crippen LogP contribution is -2.31. The first kappa shape index (κ1) is 14.0. The highest BCUT2D eigenvalue weighted by Crippen LogP contribution is 2.22. The Bertz CT molecular complexity index is 327. The molecule has 0 aliphatic carbocycles. The smallest absolute Gasteiger partial charge is 0.119 e. The monoisotopic (exact) mass is 236 g/mol. The van der Waals surface area contributed by atoms with Crippen LogP contribution in [-0.2, 0) is 0 Å². The number of ether oxygens (including phenoxy) is 1. The maximum absolute atomic E-state index is 9.84. The molecule has 2 atom stereocenters. The molecule has 0 saturated heterocycles. The van der Waals surface area contributed by atoms with Gasteiger partial charge in [0.2, 0.25) is 0 Å². The molecule has 0 amide bonds. The molecule has 1 rings (SSSR count). The predicted octanol–water partition coefficient (Wildman–Crippen LogP) is 3.74. The number of aliphatic hydroxyl groups is 1. The third-order valence-corrected chi connectivity index (χ3v) is 3.37. The van der Waals surface area contributed by atoms with Crippen molar-refractivity contribution in [3.8, 4) is 5.75 Å². The average Bonchev–Trinajstić information content (AvgIpc) is 2.36. The Morgan fingerprint density at radius 3 is 2.29 bits per heavy atom. The van der Waals surface area contributed by atoms with E-state index in [0.717, 1.165) is 12.2 Å². The van der Waals surface area contributed by atoms with Gasteiger partial charge in [-0.05, 0) is 43.4 Å². The van der Waals surface area contributed by atoms with E-state index in [1.807, 2.05) is 19.1 Å². The van der Waals surface area contributed by atoms with E-state index in [9.17, 15) is 5.11 Å². The zero-order chi connectivity index (χ0) is 12.9. The highest BCUT2D eigenvalue weighted by atomic mass is 16.5. The van der Waals surface area contributed by atoms with Crippen LogP contribution in [0.2, 0.25) is 0 Å². The molecule has 2 nitrogen and oxygen atoms in total. The summed E-state index contributed by atoms with van der Waals surface area (Å²) in [6.45, 7) is 8.49. The van der Waals surface area contributed by atoms with Crippen LogP contribution < -0.4 is 4.74 Å². The van der Waals surface area contributed by atoms with Gasteiger partial charge in [-0.1, -0.05) is 32.9 Å². The van der Waals surface area contributed by atoms with E-state index < -0.39 is 5.60 Å². The highest BCUT2D eigenvalue weighted by molar-refractivity contribution is 5.29. The van der Waals surface area contributed by atoms with Gasteiger partial charge in [0.15, 0.2) is 0 Å². The summed E-state index contributed by atoms with van der Waals surface area (Å²) >= 11 is 0. The molecule has 0 aromatic heterocycles. The van der Waals surface area contributed by atoms with Crippen molar-refractivity contribution in [2.24, 2.45) is 0 Å². The van der Waals surface area contributed by atoms with Crippen LogP contribution in [0.15, 0.2) is 24.3 Å². The molecule has 0 heterocycles. The number of rotatable bonds is 6. The Balaban J connectivity index is 2.57. The Kier molecular flexibility index (Phi) is 5.01. The summed E-state index contributed by atoms with van der Waals surface area (Å²) in [5.74, 6) is 1.41. The van der Waals surface area contributed by atoms with Gasteiger partial charge in [0.05, 0.1) is 5.60 Å². The number of hydrogen-bond acceptors (Lipinski definition) is 2. The Labute approximate surface area is 105 Å². The molecule has 0 aliphatic heterocycles. The molecule has 2 heteroatoms. The predicted molar refractivity (Wildman–Crippen MR) is 71.6 cm³/mol. The lowest BCUT2D eigenvalue weighted by Gasteiger charge is -2.21. The van der Waals surface area contributed by atoms with E-state index in [2.05, 4.69) is 26.0 Å². The molecular formula is C15H24O2. The number of benzene rings is 1. The van der Waals surface area contributed by atoms with E-state index in [4.69, 9.17) is 4.74 Å². The van der Waals surface area contributed by atoms with Gasteiger partial charge in [-0.3, -0.25) is 0 Å². The summed E-state index contributed by atoms with van der Waals surface area (Å²) in [6, 6.07) is 8.16. The van der Waals surface area contributed by atoms with Gasteiger partial charge in [0, 0.05) is 0 Å². The minimum Gasteiger partial charge on any atom is -0.491 e. The van der Waals surface area contributed by atoms with Crippen LogP contribution in [0.5, 0.6) is 5.75 Å². The molecule has 96 valence electrons. The molecule has 0 radical (unpaired) electrons. The molecule has 0 fully saturated rings. The lowest BCUT2D eigenvalue weighted by atomic mass is 9.99. The van der Waals surface area contributed by atoms with Gasteiger partial charge < -0.3 is 9.84 Å². The zero-order valence-electron chi connectivity index (χ0n) is 11.4. The third kappa shape index (κ3) is 4.39. The zero-order valence-corrected chi connectivity index (χ0v) is 11.4. The van der Waals surface area contributed by atoms with Gasteiger partial charge in [-0.2, -0.15) is 0 Å². The second-order valence-electron chi connectivity index (χ2n) is 5.02. The molecule has 0 spiro atoms. The van der Waals surface area contributed by atoms with Crippen molar-refractivity contribution in [3.63, 3.8) is 0 Å². The lowest BCUT2D eigenvalue weighted by molar-refractivity contribution is 0.00846. The molecule has 0 aliphatic rings. The Hall–Kier alpha value is -1.02. The molecule has 0 saturated carbocycles. The second-order valence-corrected chi connectivity index (χ2v) is 5.02. The van der Waals surface area contributed by atoms with Gasteiger partial charge in [0.25, 0.3) is 0 Å². The summed E-state index contributed by atoms with van der Waals surface area (Å²) in [6.07, 6.45) is 1.84. The van der Waals surface area contributed by atoms with Crippen LogP contribution in [0.1, 0.15) is 52.0 Å². The first-order valence-corrected chi connectivity index (χ1v) is 6.43. The minimum atomic E-state index is -0.741. The molecule has 1 aromatic rings. The van der Waals surface area contributed by atoms with Crippen molar-refractivity contribution >= 4 is 0 Å². The second kappa shape index (κ2) is 6.06. The summed E-state index contributed by atoms with van der Waals surface area (Å²) in [4.78, 5) is 0. The SMILES string of the molecule is CCC(C)c1ccc(OCC(C)(O)CC)cc1.